The van der Waals surface area contributed by atoms with Gasteiger partial charge < -0.3 is 10.5 Å². The summed E-state index contributed by atoms with van der Waals surface area (Å²) in [7, 11) is 0. The fraction of sp³-hybridized carbons (Fsp3) is 0.125. The molecule has 0 aliphatic carbocycles. The molecule has 7 nitrogen and oxygen atoms in total. The van der Waals surface area contributed by atoms with Crippen LogP contribution in [0.15, 0.2) is 42.9 Å². The van der Waals surface area contributed by atoms with Crippen molar-refractivity contribution in [2.24, 2.45) is 0 Å². The Labute approximate surface area is 155 Å². The predicted molar refractivity (Wildman–Crippen MR) is 92.4 cm³/mol. The predicted octanol–water partition coefficient (Wildman–Crippen LogP) is 3.26. The van der Waals surface area contributed by atoms with E-state index >= 15 is 0 Å². The molecule has 1 aromatic carbocycles. The maximum atomic E-state index is 12.2. The zero-order chi connectivity index (χ0) is 19.4. The number of nitrogens with zero attached hydrogens (tertiary/aromatic N) is 3. The number of nitrogens with two attached hydrogens (primary N) is 1. The first-order chi connectivity index (χ1) is 12.8. The minimum Gasteiger partial charge on any atom is -0.406 e. The maximum Gasteiger partial charge on any atom is 0.573 e. The van der Waals surface area contributed by atoms with Crippen LogP contribution in [0.2, 0.25) is 0 Å². The van der Waals surface area contributed by atoms with Crippen LogP contribution >= 0.6 is 11.3 Å². The van der Waals surface area contributed by atoms with E-state index in [-0.39, 0.29) is 17.3 Å². The van der Waals surface area contributed by atoms with Gasteiger partial charge in [0.25, 0.3) is 5.91 Å². The van der Waals surface area contributed by atoms with Gasteiger partial charge in [0.15, 0.2) is 16.6 Å². The lowest BCUT2D eigenvalue weighted by molar-refractivity contribution is -0.274. The summed E-state index contributed by atoms with van der Waals surface area (Å²) in [4.78, 5) is 24.7. The van der Waals surface area contributed by atoms with E-state index < -0.39 is 12.3 Å². The lowest BCUT2D eigenvalue weighted by atomic mass is 10.1. The van der Waals surface area contributed by atoms with Crippen molar-refractivity contribution in [2.45, 2.75) is 12.8 Å². The average molecular weight is 395 g/mol. The number of alkyl halides is 3. The molecule has 140 valence electrons. The molecule has 0 fully saturated rings. The first-order valence-corrected chi connectivity index (χ1v) is 8.29. The van der Waals surface area contributed by atoms with E-state index in [0.29, 0.717) is 11.6 Å². The number of carbonyl (C=O) groups is 1. The number of hydrogen-bond acceptors (Lipinski definition) is 7. The van der Waals surface area contributed by atoms with Crippen molar-refractivity contribution in [3.8, 4) is 5.75 Å². The first kappa shape index (κ1) is 18.6. The number of nitrogens with one attached hydrogen (secondary N) is 1. The van der Waals surface area contributed by atoms with Gasteiger partial charge in [0, 0.05) is 29.9 Å². The number of rotatable bonds is 5. The van der Waals surface area contributed by atoms with E-state index in [9.17, 15) is 18.0 Å². The number of aromatic nitrogens is 3. The molecule has 3 aromatic rings. The van der Waals surface area contributed by atoms with E-state index in [2.05, 4.69) is 25.0 Å². The van der Waals surface area contributed by atoms with Gasteiger partial charge in [-0.15, -0.1) is 24.5 Å². The smallest absolute Gasteiger partial charge is 0.406 e. The highest BCUT2D eigenvalue weighted by molar-refractivity contribution is 7.15. The Morgan fingerprint density at radius 2 is 1.85 bits per heavy atom. The Bertz CT molecular complexity index is 944. The van der Waals surface area contributed by atoms with E-state index in [1.807, 2.05) is 0 Å². The highest BCUT2D eigenvalue weighted by atomic mass is 32.1. The molecule has 2 heterocycles. The minimum absolute atomic E-state index is 0.00509. The summed E-state index contributed by atoms with van der Waals surface area (Å²) in [6, 6.07) is 5.53. The molecule has 0 aliphatic rings. The molecule has 0 saturated heterocycles. The second kappa shape index (κ2) is 7.58. The van der Waals surface area contributed by atoms with Crippen molar-refractivity contribution in [1.29, 1.82) is 0 Å². The molecule has 2 aromatic heterocycles. The molecule has 0 bridgehead atoms. The van der Waals surface area contributed by atoms with Crippen molar-refractivity contribution in [2.75, 3.05) is 11.1 Å². The molecule has 0 unspecified atom stereocenters. The Kier molecular flexibility index (Phi) is 5.21. The van der Waals surface area contributed by atoms with Crippen LogP contribution in [-0.4, -0.2) is 27.2 Å². The minimum atomic E-state index is -4.72. The van der Waals surface area contributed by atoms with Gasteiger partial charge in [0.05, 0.1) is 0 Å². The Morgan fingerprint density at radius 1 is 1.15 bits per heavy atom. The van der Waals surface area contributed by atoms with E-state index in [1.54, 1.807) is 6.20 Å². The molecule has 0 aliphatic heterocycles. The van der Waals surface area contributed by atoms with Gasteiger partial charge in [-0.1, -0.05) is 12.1 Å². The SMILES string of the molecule is Nc1nccnc1C(=O)Nc1ncc(Cc2ccc(OC(F)(F)F)cc2)s1. The monoisotopic (exact) mass is 395 g/mol. The second-order valence-corrected chi connectivity index (χ2v) is 6.36. The quantitative estimate of drug-likeness (QED) is 0.687. The third-order valence-corrected chi connectivity index (χ3v) is 4.16. The summed E-state index contributed by atoms with van der Waals surface area (Å²) < 4.78 is 40.3. The van der Waals surface area contributed by atoms with Gasteiger partial charge >= 0.3 is 6.36 Å². The number of carbonyl (C=O) groups excluding carboxylic acids is 1. The van der Waals surface area contributed by atoms with Crippen LogP contribution in [0.25, 0.3) is 0 Å². The van der Waals surface area contributed by atoms with Crippen LogP contribution in [0.4, 0.5) is 24.1 Å². The number of amides is 1. The average Bonchev–Trinajstić information content (AvgIpc) is 3.02. The van der Waals surface area contributed by atoms with E-state index in [0.717, 1.165) is 10.4 Å². The van der Waals surface area contributed by atoms with Crippen LogP contribution in [0.3, 0.4) is 0 Å². The van der Waals surface area contributed by atoms with Gasteiger partial charge in [-0.3, -0.25) is 10.1 Å². The zero-order valence-corrected chi connectivity index (χ0v) is 14.3. The van der Waals surface area contributed by atoms with Crippen LogP contribution in [0.1, 0.15) is 20.9 Å². The molecule has 0 atom stereocenters. The van der Waals surface area contributed by atoms with Gasteiger partial charge in [0.1, 0.15) is 5.75 Å². The highest BCUT2D eigenvalue weighted by Gasteiger charge is 2.30. The molecule has 0 radical (unpaired) electrons. The van der Waals surface area contributed by atoms with Gasteiger partial charge in [-0.25, -0.2) is 15.0 Å². The fourth-order valence-electron chi connectivity index (χ4n) is 2.14. The Balaban J connectivity index is 1.63. The summed E-state index contributed by atoms with van der Waals surface area (Å²) in [6.45, 7) is 0. The molecule has 3 N–H and O–H groups in total. The molecule has 3 rings (SSSR count). The summed E-state index contributed by atoms with van der Waals surface area (Å²) in [5, 5.41) is 2.93. The van der Waals surface area contributed by atoms with Crippen molar-refractivity contribution in [1.82, 2.24) is 15.0 Å². The normalized spacial score (nSPS) is 11.2. The van der Waals surface area contributed by atoms with Crippen molar-refractivity contribution >= 4 is 28.2 Å². The van der Waals surface area contributed by atoms with Crippen molar-refractivity contribution in [3.05, 3.63) is 59.0 Å². The highest BCUT2D eigenvalue weighted by Crippen LogP contribution is 2.25. The molecular formula is C16H12F3N5O2S. The van der Waals surface area contributed by atoms with Gasteiger partial charge in [0.2, 0.25) is 0 Å². The third-order valence-electron chi connectivity index (χ3n) is 3.25. The fourth-order valence-corrected chi connectivity index (χ4v) is 2.98. The lowest BCUT2D eigenvalue weighted by Gasteiger charge is -2.08. The lowest BCUT2D eigenvalue weighted by Crippen LogP contribution is -2.17. The van der Waals surface area contributed by atoms with E-state index in [1.165, 1.54) is 48.0 Å². The molecule has 11 heteroatoms. The van der Waals surface area contributed by atoms with Crippen molar-refractivity contribution < 1.29 is 22.7 Å². The Hall–Kier alpha value is -3.21. The Morgan fingerprint density at radius 3 is 2.52 bits per heavy atom. The number of ether oxygens (including phenoxy) is 1. The molecule has 1 amide bonds. The number of thiazole rings is 1. The van der Waals surface area contributed by atoms with Crippen LogP contribution in [0.5, 0.6) is 5.75 Å². The summed E-state index contributed by atoms with van der Waals surface area (Å²) >= 11 is 1.23. The van der Waals surface area contributed by atoms with Crippen LogP contribution in [0, 0.1) is 0 Å². The number of nitrogen functional groups attached to an aromatic ring is 1. The molecular weight excluding hydrogens is 383 g/mol. The van der Waals surface area contributed by atoms with Gasteiger partial charge in [-0.2, -0.15) is 0 Å². The topological polar surface area (TPSA) is 103 Å². The standard InChI is InChI=1S/C16H12F3N5O2S/c17-16(18,19)26-10-3-1-9(2-4-10)7-11-8-23-15(27-11)24-14(25)12-13(20)22-6-5-21-12/h1-6,8H,7H2,(H2,20,22)(H,23,24,25). The van der Waals surface area contributed by atoms with Gasteiger partial charge in [-0.05, 0) is 17.7 Å². The summed E-state index contributed by atoms with van der Waals surface area (Å²) in [5.41, 5.74) is 6.36. The van der Waals surface area contributed by atoms with E-state index in [4.69, 9.17) is 5.73 Å². The zero-order valence-electron chi connectivity index (χ0n) is 13.5. The number of halogens is 3. The number of benzene rings is 1. The van der Waals surface area contributed by atoms with Crippen LogP contribution in [-0.2, 0) is 6.42 Å². The number of hydrogen-bond donors (Lipinski definition) is 2. The maximum absolute atomic E-state index is 12.2. The molecule has 0 saturated carbocycles. The number of anilines is 2. The molecule has 0 spiro atoms. The summed E-state index contributed by atoms with van der Waals surface area (Å²) in [6.07, 6.45) is 0.00965. The largest absolute Gasteiger partial charge is 0.573 e. The summed E-state index contributed by atoms with van der Waals surface area (Å²) in [5.74, 6) is -0.812. The third kappa shape index (κ3) is 5.14. The first-order valence-electron chi connectivity index (χ1n) is 7.47. The van der Waals surface area contributed by atoms with Crippen molar-refractivity contribution in [3.63, 3.8) is 0 Å². The second-order valence-electron chi connectivity index (χ2n) is 5.24. The van der Waals surface area contributed by atoms with Crippen LogP contribution < -0.4 is 15.8 Å². The molecule has 27 heavy (non-hydrogen) atoms.